The van der Waals surface area contributed by atoms with E-state index >= 15 is 0 Å². The van der Waals surface area contributed by atoms with Gasteiger partial charge < -0.3 is 15.1 Å². The lowest BCUT2D eigenvalue weighted by Crippen LogP contribution is -2.45. The second-order valence-corrected chi connectivity index (χ2v) is 7.50. The quantitative estimate of drug-likeness (QED) is 0.867. The van der Waals surface area contributed by atoms with Crippen molar-refractivity contribution < 1.29 is 9.59 Å². The van der Waals surface area contributed by atoms with Crippen molar-refractivity contribution in [1.82, 2.24) is 20.0 Å². The minimum absolute atomic E-state index is 0.143. The van der Waals surface area contributed by atoms with Crippen molar-refractivity contribution in [3.63, 3.8) is 0 Å². The van der Waals surface area contributed by atoms with Gasteiger partial charge in [-0.25, -0.2) is 0 Å². The Labute approximate surface area is 147 Å². The topological polar surface area (TPSA) is 78.4 Å². The van der Waals surface area contributed by atoms with Gasteiger partial charge >= 0.3 is 0 Å². The molecule has 0 spiro atoms. The molecule has 1 N–H and O–H groups in total. The lowest BCUT2D eigenvalue weighted by Gasteiger charge is -2.34. The first-order chi connectivity index (χ1) is 12.2. The largest absolute Gasteiger partial charge is 0.366 e. The molecule has 7 nitrogen and oxygen atoms in total. The molecule has 4 rings (SSSR count). The summed E-state index contributed by atoms with van der Waals surface area (Å²) in [6, 6.07) is 4.08. The molecular weight excluding hydrogens is 318 g/mol. The summed E-state index contributed by atoms with van der Waals surface area (Å²) in [5.41, 5.74) is 0. The third-order valence-corrected chi connectivity index (χ3v) is 5.47. The Balaban J connectivity index is 1.26. The Hall–Kier alpha value is -2.18. The van der Waals surface area contributed by atoms with Crippen LogP contribution in [-0.4, -0.2) is 64.0 Å². The summed E-state index contributed by atoms with van der Waals surface area (Å²) in [4.78, 5) is 28.7. The molecule has 1 saturated carbocycles. The number of carbonyl (C=O) groups excluding carboxylic acids is 2. The first kappa shape index (κ1) is 16.3. The van der Waals surface area contributed by atoms with Gasteiger partial charge in [0, 0.05) is 44.8 Å². The van der Waals surface area contributed by atoms with E-state index in [2.05, 4.69) is 15.5 Å². The van der Waals surface area contributed by atoms with Crippen LogP contribution in [0.1, 0.15) is 32.1 Å². The Morgan fingerprint density at radius 1 is 1.24 bits per heavy atom. The Morgan fingerprint density at radius 2 is 2.04 bits per heavy atom. The van der Waals surface area contributed by atoms with Crippen LogP contribution in [0.5, 0.6) is 0 Å². The van der Waals surface area contributed by atoms with E-state index in [1.54, 1.807) is 6.20 Å². The average Bonchev–Trinajstić information content (AvgIpc) is 3.38. The number of anilines is 1. The van der Waals surface area contributed by atoms with Crippen LogP contribution in [0.3, 0.4) is 0 Å². The summed E-state index contributed by atoms with van der Waals surface area (Å²) in [6.07, 6.45) is 6.30. The molecule has 3 heterocycles. The van der Waals surface area contributed by atoms with Crippen LogP contribution in [0.4, 0.5) is 5.82 Å². The van der Waals surface area contributed by atoms with Gasteiger partial charge in [-0.3, -0.25) is 9.59 Å². The third kappa shape index (κ3) is 3.91. The Morgan fingerprint density at radius 3 is 2.72 bits per heavy atom. The molecule has 134 valence electrons. The van der Waals surface area contributed by atoms with Crippen LogP contribution in [0.25, 0.3) is 0 Å². The number of carbonyl (C=O) groups is 2. The van der Waals surface area contributed by atoms with Crippen molar-refractivity contribution in [3.8, 4) is 0 Å². The van der Waals surface area contributed by atoms with E-state index in [0.29, 0.717) is 24.9 Å². The molecule has 7 heteroatoms. The first-order valence-electron chi connectivity index (χ1n) is 9.30. The van der Waals surface area contributed by atoms with Crippen molar-refractivity contribution in [3.05, 3.63) is 18.3 Å². The Kier molecular flexibility index (Phi) is 4.55. The molecule has 2 amide bonds. The fourth-order valence-corrected chi connectivity index (χ4v) is 3.82. The normalized spacial score (nSPS) is 24.6. The highest BCUT2D eigenvalue weighted by Crippen LogP contribution is 2.32. The summed E-state index contributed by atoms with van der Waals surface area (Å²) in [5, 5.41) is 11.3. The molecule has 1 aromatic heterocycles. The maximum Gasteiger partial charge on any atom is 0.227 e. The maximum atomic E-state index is 12.8. The number of nitrogens with zero attached hydrogens (tertiary/aromatic N) is 4. The number of amides is 2. The summed E-state index contributed by atoms with van der Waals surface area (Å²) < 4.78 is 0. The molecule has 25 heavy (non-hydrogen) atoms. The van der Waals surface area contributed by atoms with Crippen molar-refractivity contribution in [1.29, 1.82) is 0 Å². The van der Waals surface area contributed by atoms with Gasteiger partial charge in [-0.1, -0.05) is 0 Å². The van der Waals surface area contributed by atoms with Crippen LogP contribution in [0.2, 0.25) is 0 Å². The molecule has 0 bridgehead atoms. The second-order valence-electron chi connectivity index (χ2n) is 7.50. The van der Waals surface area contributed by atoms with Crippen LogP contribution < -0.4 is 5.32 Å². The van der Waals surface area contributed by atoms with Gasteiger partial charge in [0.2, 0.25) is 11.8 Å². The first-order valence-corrected chi connectivity index (χ1v) is 9.30. The van der Waals surface area contributed by atoms with Gasteiger partial charge in [0.15, 0.2) is 0 Å². The second kappa shape index (κ2) is 6.98. The zero-order valence-corrected chi connectivity index (χ0v) is 14.4. The van der Waals surface area contributed by atoms with Crippen LogP contribution in [0.15, 0.2) is 18.3 Å². The third-order valence-electron chi connectivity index (χ3n) is 5.47. The van der Waals surface area contributed by atoms with E-state index in [-0.39, 0.29) is 17.7 Å². The molecule has 0 unspecified atom stereocenters. The highest BCUT2D eigenvalue weighted by Gasteiger charge is 2.39. The van der Waals surface area contributed by atoms with Gasteiger partial charge in [-0.2, -0.15) is 5.10 Å². The number of aromatic nitrogens is 2. The van der Waals surface area contributed by atoms with Gasteiger partial charge in [0.25, 0.3) is 0 Å². The standard InChI is InChI=1S/C18H25N5O2/c24-17-10-14(12-23(17)11-13-3-4-13)18(25)22-8-5-15(6-9-22)20-16-2-1-7-19-21-16/h1-2,7,13-15H,3-6,8-12H2,(H,20,21)/t14-/m1/s1. The summed E-state index contributed by atoms with van der Waals surface area (Å²) >= 11 is 0. The molecule has 1 atom stereocenters. The van der Waals surface area contributed by atoms with E-state index in [0.717, 1.165) is 38.3 Å². The van der Waals surface area contributed by atoms with Crippen LogP contribution in [-0.2, 0) is 9.59 Å². The van der Waals surface area contributed by atoms with Crippen molar-refractivity contribution in [2.45, 2.75) is 38.1 Å². The van der Waals surface area contributed by atoms with E-state index in [1.165, 1.54) is 12.8 Å². The molecule has 2 saturated heterocycles. The minimum atomic E-state index is -0.143. The monoisotopic (exact) mass is 343 g/mol. The number of hydrogen-bond acceptors (Lipinski definition) is 5. The lowest BCUT2D eigenvalue weighted by atomic mass is 10.0. The van der Waals surface area contributed by atoms with Gasteiger partial charge in [-0.05, 0) is 43.7 Å². The molecule has 3 fully saturated rings. The zero-order chi connectivity index (χ0) is 17.2. The Bertz CT molecular complexity index is 626. The van der Waals surface area contributed by atoms with Crippen molar-refractivity contribution >= 4 is 17.6 Å². The summed E-state index contributed by atoms with van der Waals surface area (Å²) in [7, 11) is 0. The van der Waals surface area contributed by atoms with Crippen LogP contribution >= 0.6 is 0 Å². The lowest BCUT2D eigenvalue weighted by molar-refractivity contribution is -0.136. The number of likely N-dealkylation sites (tertiary alicyclic amines) is 2. The number of piperidine rings is 1. The fourth-order valence-electron chi connectivity index (χ4n) is 3.82. The van der Waals surface area contributed by atoms with Crippen molar-refractivity contribution in [2.24, 2.45) is 11.8 Å². The predicted octanol–water partition coefficient (Wildman–Crippen LogP) is 1.14. The number of nitrogens with one attached hydrogen (secondary N) is 1. The number of hydrogen-bond donors (Lipinski definition) is 1. The number of rotatable bonds is 5. The minimum Gasteiger partial charge on any atom is -0.366 e. The molecule has 0 aromatic carbocycles. The van der Waals surface area contributed by atoms with E-state index in [9.17, 15) is 9.59 Å². The van der Waals surface area contributed by atoms with E-state index in [1.807, 2.05) is 21.9 Å². The highest BCUT2D eigenvalue weighted by molar-refractivity contribution is 5.89. The van der Waals surface area contributed by atoms with E-state index < -0.39 is 0 Å². The zero-order valence-electron chi connectivity index (χ0n) is 14.4. The summed E-state index contributed by atoms with van der Waals surface area (Å²) in [5.74, 6) is 1.63. The predicted molar refractivity (Wildman–Crippen MR) is 92.7 cm³/mol. The SMILES string of the molecule is O=C1C[C@@H](C(=O)N2CCC(Nc3cccnn3)CC2)CN1CC1CC1. The van der Waals surface area contributed by atoms with Gasteiger partial charge in [0.05, 0.1) is 5.92 Å². The van der Waals surface area contributed by atoms with Crippen molar-refractivity contribution in [2.75, 3.05) is 31.5 Å². The summed E-state index contributed by atoms with van der Waals surface area (Å²) in [6.45, 7) is 2.95. The molecule has 2 aliphatic heterocycles. The van der Waals surface area contributed by atoms with Gasteiger partial charge in [0.1, 0.15) is 5.82 Å². The van der Waals surface area contributed by atoms with Crippen LogP contribution in [0, 0.1) is 11.8 Å². The fraction of sp³-hybridized carbons (Fsp3) is 0.667. The molecular formula is C18H25N5O2. The molecule has 3 aliphatic rings. The molecule has 1 aromatic rings. The maximum absolute atomic E-state index is 12.8. The molecule has 1 aliphatic carbocycles. The molecule has 0 radical (unpaired) electrons. The van der Waals surface area contributed by atoms with E-state index in [4.69, 9.17) is 0 Å². The average molecular weight is 343 g/mol. The smallest absolute Gasteiger partial charge is 0.227 e. The van der Waals surface area contributed by atoms with Gasteiger partial charge in [-0.15, -0.1) is 5.10 Å². The highest BCUT2D eigenvalue weighted by atomic mass is 16.2.